The summed E-state index contributed by atoms with van der Waals surface area (Å²) in [5, 5.41) is 4.20. The number of fused-ring (bicyclic) bond motifs is 1. The van der Waals surface area contributed by atoms with Gasteiger partial charge in [0.15, 0.2) is 0 Å². The highest BCUT2D eigenvalue weighted by Crippen LogP contribution is 2.23. The minimum Gasteiger partial charge on any atom is -0.474 e. The Hall–Kier alpha value is -2.82. The Morgan fingerprint density at radius 1 is 1.15 bits per heavy atom. The predicted octanol–water partition coefficient (Wildman–Crippen LogP) is 3.99. The molecule has 1 saturated carbocycles. The fraction of sp³-hybridized carbons (Fsp3) is 0.333. The standard InChI is InChI=1S/C21H23N3O2/c1-14-6-11-20(22-13-14)26-17-9-7-16(8-10-17)23-21(25)19-12-15-4-2-3-5-18(15)24-19/h2-6,11-13,16-17,24H,7-10H2,1H3,(H,23,25). The van der Waals surface area contributed by atoms with Crippen molar-refractivity contribution >= 4 is 16.8 Å². The van der Waals surface area contributed by atoms with E-state index in [1.54, 1.807) is 0 Å². The molecular weight excluding hydrogens is 326 g/mol. The van der Waals surface area contributed by atoms with Gasteiger partial charge in [-0.25, -0.2) is 4.98 Å². The third-order valence-electron chi connectivity index (χ3n) is 4.96. The number of aromatic nitrogens is 2. The van der Waals surface area contributed by atoms with Crippen LogP contribution in [0.5, 0.6) is 5.88 Å². The van der Waals surface area contributed by atoms with Crippen LogP contribution in [0, 0.1) is 6.92 Å². The summed E-state index contributed by atoms with van der Waals surface area (Å²) in [6, 6.07) is 13.9. The summed E-state index contributed by atoms with van der Waals surface area (Å²) in [6.07, 6.45) is 5.68. The molecule has 134 valence electrons. The molecule has 0 saturated heterocycles. The highest BCUT2D eigenvalue weighted by atomic mass is 16.5. The number of hydrogen-bond acceptors (Lipinski definition) is 3. The number of rotatable bonds is 4. The number of hydrogen-bond donors (Lipinski definition) is 2. The van der Waals surface area contributed by atoms with Crippen LogP contribution in [0.15, 0.2) is 48.7 Å². The maximum absolute atomic E-state index is 12.5. The van der Waals surface area contributed by atoms with Gasteiger partial charge in [-0.05, 0) is 50.3 Å². The zero-order valence-electron chi connectivity index (χ0n) is 14.9. The molecule has 1 fully saturated rings. The van der Waals surface area contributed by atoms with E-state index < -0.39 is 0 Å². The monoisotopic (exact) mass is 349 g/mol. The molecule has 0 bridgehead atoms. The molecule has 1 aliphatic rings. The Balaban J connectivity index is 1.30. The maximum Gasteiger partial charge on any atom is 0.267 e. The molecule has 1 aromatic carbocycles. The first-order valence-corrected chi connectivity index (χ1v) is 9.15. The van der Waals surface area contributed by atoms with E-state index in [9.17, 15) is 4.79 Å². The molecule has 4 rings (SSSR count). The second kappa shape index (κ2) is 7.20. The maximum atomic E-state index is 12.5. The second-order valence-corrected chi connectivity index (χ2v) is 7.01. The van der Waals surface area contributed by atoms with Crippen LogP contribution < -0.4 is 10.1 Å². The average Bonchev–Trinajstić information content (AvgIpc) is 3.10. The zero-order chi connectivity index (χ0) is 17.9. The van der Waals surface area contributed by atoms with E-state index in [0.29, 0.717) is 11.6 Å². The number of para-hydroxylation sites is 1. The Morgan fingerprint density at radius 3 is 2.69 bits per heavy atom. The van der Waals surface area contributed by atoms with Gasteiger partial charge in [-0.2, -0.15) is 0 Å². The topological polar surface area (TPSA) is 67.0 Å². The van der Waals surface area contributed by atoms with Crippen molar-refractivity contribution in [2.45, 2.75) is 44.8 Å². The lowest BCUT2D eigenvalue weighted by Gasteiger charge is -2.29. The van der Waals surface area contributed by atoms with E-state index in [1.165, 1.54) is 0 Å². The van der Waals surface area contributed by atoms with Crippen LogP contribution in [0.2, 0.25) is 0 Å². The highest BCUT2D eigenvalue weighted by molar-refractivity contribution is 5.98. The molecule has 0 spiro atoms. The van der Waals surface area contributed by atoms with Crippen molar-refractivity contribution in [3.63, 3.8) is 0 Å². The van der Waals surface area contributed by atoms with E-state index in [4.69, 9.17) is 4.74 Å². The largest absolute Gasteiger partial charge is 0.474 e. The molecule has 2 heterocycles. The minimum absolute atomic E-state index is 0.0363. The number of H-pyrrole nitrogens is 1. The van der Waals surface area contributed by atoms with Gasteiger partial charge in [0.05, 0.1) is 0 Å². The first-order valence-electron chi connectivity index (χ1n) is 9.15. The number of nitrogens with zero attached hydrogens (tertiary/aromatic N) is 1. The van der Waals surface area contributed by atoms with Gasteiger partial charge < -0.3 is 15.0 Å². The number of nitrogens with one attached hydrogen (secondary N) is 2. The molecule has 3 aromatic rings. The molecule has 0 unspecified atom stereocenters. The second-order valence-electron chi connectivity index (χ2n) is 7.01. The lowest BCUT2D eigenvalue weighted by molar-refractivity contribution is 0.0886. The Labute approximate surface area is 152 Å². The minimum atomic E-state index is -0.0363. The Kier molecular flexibility index (Phi) is 4.61. The van der Waals surface area contributed by atoms with Gasteiger partial charge in [-0.1, -0.05) is 24.3 Å². The van der Waals surface area contributed by atoms with E-state index >= 15 is 0 Å². The Morgan fingerprint density at radius 2 is 1.96 bits per heavy atom. The lowest BCUT2D eigenvalue weighted by Crippen LogP contribution is -2.39. The number of pyridine rings is 1. The quantitative estimate of drug-likeness (QED) is 0.748. The van der Waals surface area contributed by atoms with Gasteiger partial charge in [0, 0.05) is 29.2 Å². The normalized spacial score (nSPS) is 20.0. The number of carbonyl (C=O) groups excluding carboxylic acids is 1. The van der Waals surface area contributed by atoms with Crippen LogP contribution in [-0.2, 0) is 0 Å². The van der Waals surface area contributed by atoms with Crippen molar-refractivity contribution < 1.29 is 9.53 Å². The number of amides is 1. The van der Waals surface area contributed by atoms with Crippen molar-refractivity contribution in [3.05, 3.63) is 59.9 Å². The van der Waals surface area contributed by atoms with Crippen molar-refractivity contribution in [2.75, 3.05) is 0 Å². The van der Waals surface area contributed by atoms with Gasteiger partial charge in [0.2, 0.25) is 5.88 Å². The highest BCUT2D eigenvalue weighted by Gasteiger charge is 2.24. The van der Waals surface area contributed by atoms with E-state index in [1.807, 2.05) is 55.6 Å². The molecule has 2 N–H and O–H groups in total. The smallest absolute Gasteiger partial charge is 0.267 e. The lowest BCUT2D eigenvalue weighted by atomic mass is 9.93. The number of benzene rings is 1. The SMILES string of the molecule is Cc1ccc(OC2CCC(NC(=O)c3cc4ccccc4[nH]3)CC2)nc1. The number of ether oxygens (including phenoxy) is 1. The summed E-state index contributed by atoms with van der Waals surface area (Å²) in [7, 11) is 0. The average molecular weight is 349 g/mol. The summed E-state index contributed by atoms with van der Waals surface area (Å²) < 4.78 is 5.96. The Bertz CT molecular complexity index is 860. The van der Waals surface area contributed by atoms with Crippen LogP contribution in [0.25, 0.3) is 10.9 Å². The molecule has 5 heteroatoms. The van der Waals surface area contributed by atoms with Crippen LogP contribution in [0.3, 0.4) is 0 Å². The van der Waals surface area contributed by atoms with Gasteiger partial charge in [-0.15, -0.1) is 0 Å². The van der Waals surface area contributed by atoms with Crippen LogP contribution >= 0.6 is 0 Å². The van der Waals surface area contributed by atoms with E-state index in [2.05, 4.69) is 15.3 Å². The molecule has 1 amide bonds. The van der Waals surface area contributed by atoms with Crippen LogP contribution in [0.1, 0.15) is 41.7 Å². The van der Waals surface area contributed by atoms with Gasteiger partial charge in [0.25, 0.3) is 5.91 Å². The fourth-order valence-electron chi connectivity index (χ4n) is 3.48. The first-order chi connectivity index (χ1) is 12.7. The molecule has 26 heavy (non-hydrogen) atoms. The molecule has 0 aliphatic heterocycles. The molecular formula is C21H23N3O2. The van der Waals surface area contributed by atoms with Crippen molar-refractivity contribution in [3.8, 4) is 5.88 Å². The number of aromatic amines is 1. The molecule has 0 atom stereocenters. The summed E-state index contributed by atoms with van der Waals surface area (Å²) >= 11 is 0. The van der Waals surface area contributed by atoms with E-state index in [-0.39, 0.29) is 18.1 Å². The van der Waals surface area contributed by atoms with Crippen molar-refractivity contribution in [1.29, 1.82) is 0 Å². The summed E-state index contributed by atoms with van der Waals surface area (Å²) in [6.45, 7) is 2.01. The molecule has 1 aliphatic carbocycles. The van der Waals surface area contributed by atoms with Gasteiger partial charge >= 0.3 is 0 Å². The van der Waals surface area contributed by atoms with E-state index in [0.717, 1.165) is 42.1 Å². The van der Waals surface area contributed by atoms with Crippen molar-refractivity contribution in [2.24, 2.45) is 0 Å². The van der Waals surface area contributed by atoms with Crippen LogP contribution in [-0.4, -0.2) is 28.0 Å². The van der Waals surface area contributed by atoms with Crippen LogP contribution in [0.4, 0.5) is 0 Å². The van der Waals surface area contributed by atoms with Crippen molar-refractivity contribution in [1.82, 2.24) is 15.3 Å². The predicted molar refractivity (Wildman–Crippen MR) is 101 cm³/mol. The number of aryl methyl sites for hydroxylation is 1. The fourth-order valence-corrected chi connectivity index (χ4v) is 3.48. The molecule has 0 radical (unpaired) electrons. The van der Waals surface area contributed by atoms with Gasteiger partial charge in [0.1, 0.15) is 11.8 Å². The molecule has 5 nitrogen and oxygen atoms in total. The van der Waals surface area contributed by atoms with Gasteiger partial charge in [-0.3, -0.25) is 4.79 Å². The zero-order valence-corrected chi connectivity index (χ0v) is 14.9. The summed E-state index contributed by atoms with van der Waals surface area (Å²) in [5.74, 6) is 0.645. The molecule has 2 aromatic heterocycles. The summed E-state index contributed by atoms with van der Waals surface area (Å²) in [4.78, 5) is 20.0. The number of carbonyl (C=O) groups is 1. The summed E-state index contributed by atoms with van der Waals surface area (Å²) in [5.41, 5.74) is 2.73. The third kappa shape index (κ3) is 3.72. The third-order valence-corrected chi connectivity index (χ3v) is 4.96. The first kappa shape index (κ1) is 16.6.